The molecule has 3 rings (SSSR count). The van der Waals surface area contributed by atoms with Crippen LogP contribution in [0.25, 0.3) is 10.9 Å². The van der Waals surface area contributed by atoms with Crippen LogP contribution in [0.4, 0.5) is 11.4 Å². The molecule has 0 amide bonds. The summed E-state index contributed by atoms with van der Waals surface area (Å²) in [6, 6.07) is 14.3. The van der Waals surface area contributed by atoms with Crippen LogP contribution in [0, 0.1) is 11.3 Å². The number of nitriles is 1. The Morgan fingerprint density at radius 3 is 2.70 bits per heavy atom. The van der Waals surface area contributed by atoms with Gasteiger partial charge in [-0.15, -0.1) is 0 Å². The fourth-order valence-electron chi connectivity index (χ4n) is 2.77. The molecule has 6 heteroatoms. The molecule has 0 aliphatic rings. The first-order valence-corrected chi connectivity index (χ1v) is 8.42. The van der Waals surface area contributed by atoms with Crippen LogP contribution in [-0.4, -0.2) is 23.3 Å². The highest BCUT2D eigenvalue weighted by Gasteiger charge is 2.18. The fraction of sp³-hybridized carbons (Fsp3) is 0.143. The van der Waals surface area contributed by atoms with Crippen molar-refractivity contribution in [2.75, 3.05) is 11.9 Å². The van der Waals surface area contributed by atoms with E-state index in [1.54, 1.807) is 49.4 Å². The van der Waals surface area contributed by atoms with E-state index in [0.717, 1.165) is 0 Å². The maximum atomic E-state index is 12.4. The molecule has 1 heterocycles. The van der Waals surface area contributed by atoms with Crippen molar-refractivity contribution in [1.29, 1.82) is 5.26 Å². The molecule has 6 nitrogen and oxygen atoms in total. The number of pyridine rings is 1. The van der Waals surface area contributed by atoms with E-state index >= 15 is 0 Å². The molecule has 134 valence electrons. The van der Waals surface area contributed by atoms with Crippen molar-refractivity contribution < 1.29 is 14.3 Å². The highest BCUT2D eigenvalue weighted by atomic mass is 16.5. The van der Waals surface area contributed by atoms with Gasteiger partial charge in [0, 0.05) is 22.8 Å². The first-order chi connectivity index (χ1) is 13.0. The third-order valence-electron chi connectivity index (χ3n) is 4.05. The largest absolute Gasteiger partial charge is 0.462 e. The zero-order valence-electron chi connectivity index (χ0n) is 14.9. The molecule has 1 aromatic heterocycles. The highest BCUT2D eigenvalue weighted by molar-refractivity contribution is 6.07. The SMILES string of the molecule is CCOC(=O)c1cnc2c(C#N)cccc2c1Nc1cccc(C(C)=O)c1. The minimum Gasteiger partial charge on any atom is -0.462 e. The number of esters is 1. The van der Waals surface area contributed by atoms with E-state index in [0.29, 0.717) is 33.4 Å². The minimum atomic E-state index is -0.514. The molecule has 0 bridgehead atoms. The van der Waals surface area contributed by atoms with E-state index in [-0.39, 0.29) is 18.0 Å². The van der Waals surface area contributed by atoms with Crippen LogP contribution in [0.15, 0.2) is 48.7 Å². The van der Waals surface area contributed by atoms with Crippen molar-refractivity contribution in [3.63, 3.8) is 0 Å². The predicted molar refractivity (Wildman–Crippen MR) is 102 cm³/mol. The van der Waals surface area contributed by atoms with Gasteiger partial charge < -0.3 is 10.1 Å². The highest BCUT2D eigenvalue weighted by Crippen LogP contribution is 2.31. The molecule has 0 saturated carbocycles. The van der Waals surface area contributed by atoms with E-state index in [1.807, 2.05) is 0 Å². The van der Waals surface area contributed by atoms with Crippen LogP contribution in [0.2, 0.25) is 0 Å². The summed E-state index contributed by atoms with van der Waals surface area (Å²) in [6.45, 7) is 3.45. The van der Waals surface area contributed by atoms with Crippen molar-refractivity contribution in [2.45, 2.75) is 13.8 Å². The molecular formula is C21H17N3O3. The second-order valence-electron chi connectivity index (χ2n) is 5.84. The van der Waals surface area contributed by atoms with Crippen molar-refractivity contribution in [3.8, 4) is 6.07 Å². The number of ketones is 1. The fourth-order valence-corrected chi connectivity index (χ4v) is 2.77. The maximum absolute atomic E-state index is 12.4. The zero-order chi connectivity index (χ0) is 19.4. The standard InChI is InChI=1S/C21H17N3O3/c1-3-27-21(26)18-12-23-19-15(11-22)7-5-9-17(19)20(18)24-16-8-4-6-14(10-16)13(2)25/h4-10,12H,3H2,1-2H3,(H,23,24). The van der Waals surface area contributed by atoms with E-state index in [2.05, 4.69) is 16.4 Å². The van der Waals surface area contributed by atoms with Gasteiger partial charge in [-0.05, 0) is 32.0 Å². The Bertz CT molecular complexity index is 1080. The summed E-state index contributed by atoms with van der Waals surface area (Å²) in [5.74, 6) is -0.574. The van der Waals surface area contributed by atoms with Gasteiger partial charge in [0.25, 0.3) is 0 Å². The second-order valence-corrected chi connectivity index (χ2v) is 5.84. The molecule has 0 unspecified atom stereocenters. The Morgan fingerprint density at radius 2 is 2.00 bits per heavy atom. The summed E-state index contributed by atoms with van der Waals surface area (Å²) in [5.41, 5.74) is 2.82. The van der Waals surface area contributed by atoms with Crippen LogP contribution in [-0.2, 0) is 4.74 Å². The van der Waals surface area contributed by atoms with Gasteiger partial charge in [0.15, 0.2) is 5.78 Å². The molecular weight excluding hydrogens is 342 g/mol. The number of para-hydroxylation sites is 1. The number of ether oxygens (including phenoxy) is 1. The maximum Gasteiger partial charge on any atom is 0.341 e. The minimum absolute atomic E-state index is 0.0596. The number of rotatable bonds is 5. The van der Waals surface area contributed by atoms with Gasteiger partial charge >= 0.3 is 5.97 Å². The summed E-state index contributed by atoms with van der Waals surface area (Å²) in [4.78, 5) is 28.4. The molecule has 0 fully saturated rings. The Morgan fingerprint density at radius 1 is 1.22 bits per heavy atom. The number of carbonyl (C=O) groups is 2. The second kappa shape index (κ2) is 7.67. The van der Waals surface area contributed by atoms with E-state index in [9.17, 15) is 14.9 Å². The lowest BCUT2D eigenvalue weighted by atomic mass is 10.0. The zero-order valence-corrected chi connectivity index (χ0v) is 14.9. The van der Waals surface area contributed by atoms with Crippen LogP contribution in [0.5, 0.6) is 0 Å². The molecule has 2 aromatic carbocycles. The van der Waals surface area contributed by atoms with Gasteiger partial charge in [-0.2, -0.15) is 5.26 Å². The molecule has 0 aliphatic heterocycles. The first-order valence-electron chi connectivity index (χ1n) is 8.42. The van der Waals surface area contributed by atoms with Crippen molar-refractivity contribution >= 4 is 34.0 Å². The number of aromatic nitrogens is 1. The topological polar surface area (TPSA) is 92.1 Å². The summed E-state index contributed by atoms with van der Waals surface area (Å²) >= 11 is 0. The van der Waals surface area contributed by atoms with Crippen LogP contribution in [0.3, 0.4) is 0 Å². The molecule has 1 N–H and O–H groups in total. The number of nitrogens with zero attached hydrogens (tertiary/aromatic N) is 2. The number of benzene rings is 2. The molecule has 0 atom stereocenters. The smallest absolute Gasteiger partial charge is 0.341 e. The van der Waals surface area contributed by atoms with Crippen molar-refractivity contribution in [1.82, 2.24) is 4.98 Å². The molecule has 27 heavy (non-hydrogen) atoms. The number of Topliss-reactive ketones (excluding diaryl/α,β-unsaturated/α-hetero) is 1. The average molecular weight is 359 g/mol. The third-order valence-corrected chi connectivity index (χ3v) is 4.05. The quantitative estimate of drug-likeness (QED) is 0.541. The van der Waals surface area contributed by atoms with E-state index < -0.39 is 5.97 Å². The lowest BCUT2D eigenvalue weighted by molar-refractivity contribution is 0.0527. The summed E-state index contributed by atoms with van der Waals surface area (Å²) < 4.78 is 5.14. The number of anilines is 2. The Hall–Kier alpha value is -3.72. The number of fused-ring (bicyclic) bond motifs is 1. The van der Waals surface area contributed by atoms with E-state index in [4.69, 9.17) is 4.74 Å². The first kappa shape index (κ1) is 18.1. The Kier molecular flexibility index (Phi) is 5.13. The van der Waals surface area contributed by atoms with Gasteiger partial charge in [-0.1, -0.05) is 24.3 Å². The number of nitrogens with one attached hydrogen (secondary N) is 1. The van der Waals surface area contributed by atoms with Gasteiger partial charge in [-0.3, -0.25) is 9.78 Å². The Labute approximate surface area is 156 Å². The van der Waals surface area contributed by atoms with Crippen LogP contribution in [0.1, 0.15) is 40.1 Å². The lowest BCUT2D eigenvalue weighted by Crippen LogP contribution is -2.09. The normalized spacial score (nSPS) is 10.3. The molecule has 3 aromatic rings. The van der Waals surface area contributed by atoms with Crippen molar-refractivity contribution in [3.05, 3.63) is 65.4 Å². The molecule has 0 saturated heterocycles. The molecule has 0 aliphatic carbocycles. The van der Waals surface area contributed by atoms with E-state index in [1.165, 1.54) is 13.1 Å². The number of hydrogen-bond acceptors (Lipinski definition) is 6. The van der Waals surface area contributed by atoms with Gasteiger partial charge in [-0.25, -0.2) is 4.79 Å². The summed E-state index contributed by atoms with van der Waals surface area (Å²) in [7, 11) is 0. The van der Waals surface area contributed by atoms with Crippen molar-refractivity contribution in [2.24, 2.45) is 0 Å². The van der Waals surface area contributed by atoms with Crippen LogP contribution < -0.4 is 5.32 Å². The third kappa shape index (κ3) is 3.62. The monoisotopic (exact) mass is 359 g/mol. The average Bonchev–Trinajstić information content (AvgIpc) is 2.68. The number of carbonyl (C=O) groups excluding carboxylic acids is 2. The molecule has 0 radical (unpaired) electrons. The lowest BCUT2D eigenvalue weighted by Gasteiger charge is -2.15. The number of hydrogen-bond donors (Lipinski definition) is 1. The molecule has 0 spiro atoms. The predicted octanol–water partition coefficient (Wildman–Crippen LogP) is 4.23. The summed E-state index contributed by atoms with van der Waals surface area (Å²) in [5, 5.41) is 13.2. The van der Waals surface area contributed by atoms with Gasteiger partial charge in [0.05, 0.1) is 23.4 Å². The van der Waals surface area contributed by atoms with Gasteiger partial charge in [0.2, 0.25) is 0 Å². The Balaban J connectivity index is 2.20. The van der Waals surface area contributed by atoms with Crippen LogP contribution >= 0.6 is 0 Å². The summed E-state index contributed by atoms with van der Waals surface area (Å²) in [6.07, 6.45) is 1.40. The van der Waals surface area contributed by atoms with Gasteiger partial charge in [0.1, 0.15) is 11.6 Å².